The predicted molar refractivity (Wildman–Crippen MR) is 63.4 cm³/mol. The smallest absolute Gasteiger partial charge is 0.231 e. The van der Waals surface area contributed by atoms with E-state index in [4.69, 9.17) is 10.5 Å². The molecule has 4 heteroatoms. The van der Waals surface area contributed by atoms with Crippen molar-refractivity contribution in [3.63, 3.8) is 0 Å². The summed E-state index contributed by atoms with van der Waals surface area (Å²) in [4.78, 5) is 10.6. The molecule has 16 heavy (non-hydrogen) atoms. The molecule has 1 amide bonds. The first-order valence-electron chi connectivity index (χ1n) is 5.17. The van der Waals surface area contributed by atoms with E-state index in [1.165, 1.54) is 5.56 Å². The normalized spacial score (nSPS) is 10.2. The van der Waals surface area contributed by atoms with E-state index >= 15 is 0 Å². The molecule has 4 nitrogen and oxygen atoms in total. The first-order valence-corrected chi connectivity index (χ1v) is 5.17. The lowest BCUT2D eigenvalue weighted by molar-refractivity contribution is -0.117. The molecule has 0 aliphatic carbocycles. The molecule has 88 valence electrons. The summed E-state index contributed by atoms with van der Waals surface area (Å²) >= 11 is 0. The van der Waals surface area contributed by atoms with Gasteiger partial charge < -0.3 is 15.8 Å². The lowest BCUT2D eigenvalue weighted by atomic mass is 10.1. The molecule has 0 atom stereocenters. The molecule has 0 unspecified atom stereocenters. The quantitative estimate of drug-likeness (QED) is 0.777. The van der Waals surface area contributed by atoms with E-state index < -0.39 is 0 Å². The minimum Gasteiger partial charge on any atom is -0.496 e. The average Bonchev–Trinajstić information content (AvgIpc) is 2.16. The second-order valence-electron chi connectivity index (χ2n) is 3.84. The second-order valence-corrected chi connectivity index (χ2v) is 3.84. The number of benzene rings is 1. The topological polar surface area (TPSA) is 64.3 Å². The maximum atomic E-state index is 10.6. The van der Waals surface area contributed by atoms with Crippen LogP contribution in [0.1, 0.15) is 16.7 Å². The van der Waals surface area contributed by atoms with Gasteiger partial charge in [0.05, 0.1) is 13.7 Å². The van der Waals surface area contributed by atoms with E-state index in [1.54, 1.807) is 7.11 Å². The predicted octanol–water partition coefficient (Wildman–Crippen LogP) is 0.887. The lowest BCUT2D eigenvalue weighted by Gasteiger charge is -2.13. The molecule has 1 rings (SSSR count). The Balaban J connectivity index is 2.81. The van der Waals surface area contributed by atoms with Gasteiger partial charge in [0.25, 0.3) is 0 Å². The van der Waals surface area contributed by atoms with Crippen molar-refractivity contribution < 1.29 is 9.53 Å². The maximum absolute atomic E-state index is 10.6. The van der Waals surface area contributed by atoms with Crippen molar-refractivity contribution in [1.82, 2.24) is 5.32 Å². The second kappa shape index (κ2) is 5.51. The van der Waals surface area contributed by atoms with Crippen LogP contribution in [0.25, 0.3) is 0 Å². The number of ether oxygens (including phenoxy) is 1. The van der Waals surface area contributed by atoms with Gasteiger partial charge in [-0.25, -0.2) is 0 Å². The van der Waals surface area contributed by atoms with Crippen LogP contribution in [-0.2, 0) is 11.3 Å². The minimum absolute atomic E-state index is 0.177. The molecule has 0 saturated heterocycles. The van der Waals surface area contributed by atoms with E-state index in [0.717, 1.165) is 16.9 Å². The van der Waals surface area contributed by atoms with Gasteiger partial charge in [0, 0.05) is 12.1 Å². The molecule has 0 radical (unpaired) electrons. The summed E-state index contributed by atoms with van der Waals surface area (Å²) in [6.45, 7) is 4.79. The number of primary amides is 1. The van der Waals surface area contributed by atoms with E-state index in [0.29, 0.717) is 6.54 Å². The van der Waals surface area contributed by atoms with Gasteiger partial charge >= 0.3 is 0 Å². The zero-order valence-corrected chi connectivity index (χ0v) is 9.96. The van der Waals surface area contributed by atoms with Crippen LogP contribution >= 0.6 is 0 Å². The monoisotopic (exact) mass is 222 g/mol. The molecular weight excluding hydrogens is 204 g/mol. The highest BCUT2D eigenvalue weighted by Gasteiger charge is 2.07. The molecule has 0 fully saturated rings. The summed E-state index contributed by atoms with van der Waals surface area (Å²) in [5, 5.41) is 2.98. The number of nitrogens with one attached hydrogen (secondary N) is 1. The fraction of sp³-hybridized carbons (Fsp3) is 0.417. The zero-order valence-electron chi connectivity index (χ0n) is 9.96. The fourth-order valence-corrected chi connectivity index (χ4v) is 1.79. The van der Waals surface area contributed by atoms with Crippen LogP contribution < -0.4 is 15.8 Å². The number of hydrogen-bond acceptors (Lipinski definition) is 3. The Bertz CT molecular complexity index is 389. The summed E-state index contributed by atoms with van der Waals surface area (Å²) in [5.41, 5.74) is 8.37. The molecule has 3 N–H and O–H groups in total. The fourth-order valence-electron chi connectivity index (χ4n) is 1.79. The molecule has 0 aliphatic heterocycles. The van der Waals surface area contributed by atoms with Gasteiger partial charge in [-0.2, -0.15) is 0 Å². The minimum atomic E-state index is -0.358. The third-order valence-electron chi connectivity index (χ3n) is 2.31. The van der Waals surface area contributed by atoms with Crippen LogP contribution in [-0.4, -0.2) is 19.6 Å². The molecule has 0 bridgehead atoms. The Morgan fingerprint density at radius 2 is 2.12 bits per heavy atom. The van der Waals surface area contributed by atoms with Crippen molar-refractivity contribution in [2.45, 2.75) is 20.4 Å². The highest BCUT2D eigenvalue weighted by atomic mass is 16.5. The largest absolute Gasteiger partial charge is 0.496 e. The van der Waals surface area contributed by atoms with E-state index in [9.17, 15) is 4.79 Å². The average molecular weight is 222 g/mol. The summed E-state index contributed by atoms with van der Waals surface area (Å²) < 4.78 is 5.33. The van der Waals surface area contributed by atoms with E-state index in [2.05, 4.69) is 11.4 Å². The van der Waals surface area contributed by atoms with Crippen molar-refractivity contribution in [3.8, 4) is 5.75 Å². The van der Waals surface area contributed by atoms with Crippen LogP contribution in [0.3, 0.4) is 0 Å². The Hall–Kier alpha value is -1.55. The number of carbonyl (C=O) groups is 1. The molecule has 1 aromatic carbocycles. The first-order chi connectivity index (χ1) is 7.54. The SMILES string of the molecule is COc1c(C)cc(C)cc1CNCC(N)=O. The van der Waals surface area contributed by atoms with Gasteiger partial charge in [0.1, 0.15) is 5.75 Å². The summed E-state index contributed by atoms with van der Waals surface area (Å²) in [6, 6.07) is 4.11. The number of amides is 1. The first kappa shape index (κ1) is 12.5. The lowest BCUT2D eigenvalue weighted by Crippen LogP contribution is -2.28. The summed E-state index contributed by atoms with van der Waals surface area (Å²) in [5.74, 6) is 0.505. The van der Waals surface area contributed by atoms with E-state index in [-0.39, 0.29) is 12.5 Å². The van der Waals surface area contributed by atoms with Crippen LogP contribution in [0.15, 0.2) is 12.1 Å². The van der Waals surface area contributed by atoms with Crippen molar-refractivity contribution in [3.05, 3.63) is 28.8 Å². The zero-order chi connectivity index (χ0) is 12.1. The molecule has 1 aromatic rings. The summed E-state index contributed by atoms with van der Waals surface area (Å²) in [6.07, 6.45) is 0. The number of rotatable bonds is 5. The highest BCUT2D eigenvalue weighted by molar-refractivity contribution is 5.75. The Labute approximate surface area is 95.8 Å². The number of hydrogen-bond donors (Lipinski definition) is 2. The van der Waals surface area contributed by atoms with Crippen LogP contribution in [0.2, 0.25) is 0 Å². The Morgan fingerprint density at radius 1 is 1.44 bits per heavy atom. The third kappa shape index (κ3) is 3.24. The van der Waals surface area contributed by atoms with E-state index in [1.807, 2.05) is 19.9 Å². The Morgan fingerprint density at radius 3 is 2.69 bits per heavy atom. The van der Waals surface area contributed by atoms with Gasteiger partial charge in [-0.05, 0) is 19.4 Å². The molecule has 0 aliphatic rings. The van der Waals surface area contributed by atoms with Crippen LogP contribution in [0.4, 0.5) is 0 Å². The highest BCUT2D eigenvalue weighted by Crippen LogP contribution is 2.24. The van der Waals surface area contributed by atoms with Crippen molar-refractivity contribution in [1.29, 1.82) is 0 Å². The molecule has 0 heterocycles. The van der Waals surface area contributed by atoms with Gasteiger partial charge in [-0.1, -0.05) is 17.7 Å². The summed E-state index contributed by atoms with van der Waals surface area (Å²) in [7, 11) is 1.65. The molecule has 0 saturated carbocycles. The standard InChI is InChI=1S/C12H18N2O2/c1-8-4-9(2)12(16-3)10(5-8)6-14-7-11(13)15/h4-5,14H,6-7H2,1-3H3,(H2,13,15). The molecule has 0 spiro atoms. The van der Waals surface area contributed by atoms with Gasteiger partial charge in [0.15, 0.2) is 0 Å². The molecule has 0 aromatic heterocycles. The van der Waals surface area contributed by atoms with Crippen LogP contribution in [0, 0.1) is 13.8 Å². The maximum Gasteiger partial charge on any atom is 0.231 e. The van der Waals surface area contributed by atoms with Gasteiger partial charge in [-0.15, -0.1) is 0 Å². The van der Waals surface area contributed by atoms with Crippen molar-refractivity contribution in [2.24, 2.45) is 5.73 Å². The van der Waals surface area contributed by atoms with Crippen molar-refractivity contribution >= 4 is 5.91 Å². The van der Waals surface area contributed by atoms with Gasteiger partial charge in [0.2, 0.25) is 5.91 Å². The van der Waals surface area contributed by atoms with Crippen LogP contribution in [0.5, 0.6) is 5.75 Å². The van der Waals surface area contributed by atoms with Gasteiger partial charge in [-0.3, -0.25) is 4.79 Å². The third-order valence-corrected chi connectivity index (χ3v) is 2.31. The number of methoxy groups -OCH3 is 1. The number of carbonyl (C=O) groups excluding carboxylic acids is 1. The number of nitrogens with two attached hydrogens (primary N) is 1. The molecular formula is C12H18N2O2. The number of aryl methyl sites for hydroxylation is 2. The Kier molecular flexibility index (Phi) is 4.31. The van der Waals surface area contributed by atoms with Crippen molar-refractivity contribution in [2.75, 3.05) is 13.7 Å².